The fourth-order valence-corrected chi connectivity index (χ4v) is 1.86. The minimum atomic E-state index is -0.0764. The van der Waals surface area contributed by atoms with E-state index in [1.165, 1.54) is 44.6 Å². The first-order chi connectivity index (χ1) is 13.4. The molecule has 0 saturated heterocycles. The number of phenolic OH excluding ortho intramolecular Hbond substituents is 4. The number of aldehydes is 1. The summed E-state index contributed by atoms with van der Waals surface area (Å²) in [4.78, 5) is 10.2. The molecule has 0 unspecified atom stereocenters. The van der Waals surface area contributed by atoms with E-state index >= 15 is 0 Å². The zero-order chi connectivity index (χ0) is 20.9. The third-order valence-electron chi connectivity index (χ3n) is 3.31. The van der Waals surface area contributed by atoms with Crippen molar-refractivity contribution in [2.75, 3.05) is 14.2 Å². The molecular weight excluding hydrogens is 364 g/mol. The molecule has 7 heteroatoms. The van der Waals surface area contributed by atoms with E-state index < -0.39 is 0 Å². The Bertz CT molecular complexity index is 857. The molecule has 0 fully saturated rings. The second-order valence-corrected chi connectivity index (χ2v) is 5.21. The lowest BCUT2D eigenvalue weighted by molar-refractivity contribution is 0.112. The average Bonchev–Trinajstić information content (AvgIpc) is 2.72. The third-order valence-corrected chi connectivity index (χ3v) is 3.31. The van der Waals surface area contributed by atoms with Crippen LogP contribution in [0, 0.1) is 0 Å². The van der Waals surface area contributed by atoms with Crippen LogP contribution in [0.1, 0.15) is 10.4 Å². The average molecular weight is 386 g/mol. The Morgan fingerprint density at radius 2 is 1.11 bits per heavy atom. The summed E-state index contributed by atoms with van der Waals surface area (Å²) in [6.07, 6.45) is 0.696. The van der Waals surface area contributed by atoms with Gasteiger partial charge in [0, 0.05) is 5.56 Å². The molecule has 7 nitrogen and oxygen atoms in total. The topological polar surface area (TPSA) is 116 Å². The summed E-state index contributed by atoms with van der Waals surface area (Å²) in [5, 5.41) is 35.4. The van der Waals surface area contributed by atoms with Crippen molar-refractivity contribution in [2.45, 2.75) is 0 Å². The Labute approximate surface area is 162 Å². The standard InChI is InChI=1S/C8H8O3.C7H8O2.C6H6O2/c1-11-8-4-6(5-9)2-3-7(8)10;1-9-7-5-3-2-4-6(7)8;7-5-3-1-2-4-6(5)8/h2-5,10H,1H3;2-5,8H,1H3;1-4,7-8H. The summed E-state index contributed by atoms with van der Waals surface area (Å²) in [5.74, 6) is 0.894. The Balaban J connectivity index is 0.000000213. The molecule has 3 aromatic rings. The van der Waals surface area contributed by atoms with Crippen LogP contribution in [0.2, 0.25) is 0 Å². The zero-order valence-electron chi connectivity index (χ0n) is 15.4. The van der Waals surface area contributed by atoms with Crippen molar-refractivity contribution in [3.8, 4) is 34.5 Å². The molecule has 148 valence electrons. The molecule has 3 aromatic carbocycles. The predicted octanol–water partition coefficient (Wildman–Crippen LogP) is 3.71. The van der Waals surface area contributed by atoms with Crippen LogP contribution in [0.4, 0.5) is 0 Å². The Hall–Kier alpha value is -3.87. The van der Waals surface area contributed by atoms with Gasteiger partial charge in [0.25, 0.3) is 0 Å². The van der Waals surface area contributed by atoms with Crippen LogP contribution >= 0.6 is 0 Å². The lowest BCUT2D eigenvalue weighted by atomic mass is 10.2. The summed E-state index contributed by atoms with van der Waals surface area (Å²) in [6.45, 7) is 0. The number of hydrogen-bond acceptors (Lipinski definition) is 7. The molecule has 0 bridgehead atoms. The highest BCUT2D eigenvalue weighted by Crippen LogP contribution is 2.25. The number of carbonyl (C=O) groups excluding carboxylic acids is 1. The Morgan fingerprint density at radius 3 is 1.50 bits per heavy atom. The van der Waals surface area contributed by atoms with Crippen molar-refractivity contribution in [3.63, 3.8) is 0 Å². The maximum atomic E-state index is 10.2. The maximum absolute atomic E-state index is 10.2. The summed E-state index contributed by atoms with van der Waals surface area (Å²) < 4.78 is 9.57. The van der Waals surface area contributed by atoms with Gasteiger partial charge in [0.1, 0.15) is 6.29 Å². The quantitative estimate of drug-likeness (QED) is 0.400. The molecule has 3 rings (SSSR count). The first-order valence-electron chi connectivity index (χ1n) is 8.04. The maximum Gasteiger partial charge on any atom is 0.161 e. The Morgan fingerprint density at radius 1 is 0.643 bits per heavy atom. The highest BCUT2D eigenvalue weighted by atomic mass is 16.5. The normalized spacial score (nSPS) is 9.07. The van der Waals surface area contributed by atoms with E-state index in [0.717, 1.165) is 0 Å². The van der Waals surface area contributed by atoms with Crippen molar-refractivity contribution in [2.24, 2.45) is 0 Å². The molecule has 0 saturated carbocycles. The third kappa shape index (κ3) is 7.17. The summed E-state index contributed by atoms with van der Waals surface area (Å²) in [5.41, 5.74) is 0.486. The minimum Gasteiger partial charge on any atom is -0.504 e. The zero-order valence-corrected chi connectivity index (χ0v) is 15.4. The molecule has 0 aromatic heterocycles. The number of methoxy groups -OCH3 is 2. The van der Waals surface area contributed by atoms with Crippen molar-refractivity contribution >= 4 is 6.29 Å². The molecule has 0 aliphatic carbocycles. The second kappa shape index (κ2) is 11.7. The first kappa shape index (κ1) is 22.2. The molecular formula is C21H22O7. The fraction of sp³-hybridized carbons (Fsp3) is 0.0952. The van der Waals surface area contributed by atoms with Gasteiger partial charge in [-0.2, -0.15) is 0 Å². The van der Waals surface area contributed by atoms with Crippen LogP contribution in [0.25, 0.3) is 0 Å². The van der Waals surface area contributed by atoms with Gasteiger partial charge in [-0.3, -0.25) is 4.79 Å². The lowest BCUT2D eigenvalue weighted by Gasteiger charge is -2.01. The van der Waals surface area contributed by atoms with E-state index in [9.17, 15) is 4.79 Å². The SMILES string of the molecule is COc1cc(C=O)ccc1O.COc1ccccc1O.Oc1ccccc1O. The van der Waals surface area contributed by atoms with Crippen LogP contribution in [-0.2, 0) is 0 Å². The van der Waals surface area contributed by atoms with E-state index in [1.807, 2.05) is 0 Å². The van der Waals surface area contributed by atoms with Crippen LogP contribution in [0.5, 0.6) is 34.5 Å². The monoisotopic (exact) mass is 386 g/mol. The number of benzene rings is 3. The van der Waals surface area contributed by atoms with Crippen molar-refractivity contribution < 1.29 is 34.7 Å². The molecule has 28 heavy (non-hydrogen) atoms. The van der Waals surface area contributed by atoms with Crippen LogP contribution in [0.3, 0.4) is 0 Å². The number of phenols is 4. The minimum absolute atomic E-state index is 0.0399. The molecule has 0 aliphatic rings. The number of para-hydroxylation sites is 4. The van der Waals surface area contributed by atoms with E-state index in [4.69, 9.17) is 29.9 Å². The number of hydrogen-bond donors (Lipinski definition) is 4. The van der Waals surface area contributed by atoms with E-state index in [2.05, 4.69) is 0 Å². The lowest BCUT2D eigenvalue weighted by Crippen LogP contribution is -1.85. The molecule has 0 heterocycles. The van der Waals surface area contributed by atoms with Gasteiger partial charge in [0.2, 0.25) is 0 Å². The van der Waals surface area contributed by atoms with Crippen LogP contribution in [0.15, 0.2) is 66.7 Å². The van der Waals surface area contributed by atoms with Gasteiger partial charge in [-0.15, -0.1) is 0 Å². The van der Waals surface area contributed by atoms with E-state index in [1.54, 1.807) is 36.4 Å². The summed E-state index contributed by atoms with van der Waals surface area (Å²) in [6, 6.07) is 17.4. The van der Waals surface area contributed by atoms with Crippen LogP contribution in [-0.4, -0.2) is 40.9 Å². The van der Waals surface area contributed by atoms with Gasteiger partial charge in [0.15, 0.2) is 34.5 Å². The summed E-state index contributed by atoms with van der Waals surface area (Å²) >= 11 is 0. The fourth-order valence-electron chi connectivity index (χ4n) is 1.86. The molecule has 0 amide bonds. The molecule has 0 radical (unpaired) electrons. The molecule has 0 spiro atoms. The van der Waals surface area contributed by atoms with Crippen molar-refractivity contribution in [3.05, 3.63) is 72.3 Å². The first-order valence-corrected chi connectivity index (χ1v) is 8.04. The van der Waals surface area contributed by atoms with Crippen LogP contribution < -0.4 is 9.47 Å². The van der Waals surface area contributed by atoms with Gasteiger partial charge in [-0.25, -0.2) is 0 Å². The summed E-state index contributed by atoms with van der Waals surface area (Å²) in [7, 11) is 2.96. The number of ether oxygens (including phenoxy) is 2. The largest absolute Gasteiger partial charge is 0.504 e. The van der Waals surface area contributed by atoms with Gasteiger partial charge in [-0.1, -0.05) is 24.3 Å². The predicted molar refractivity (Wildman–Crippen MR) is 104 cm³/mol. The van der Waals surface area contributed by atoms with E-state index in [0.29, 0.717) is 23.3 Å². The Kier molecular flexibility index (Phi) is 9.26. The number of rotatable bonds is 3. The molecule has 0 aliphatic heterocycles. The van der Waals surface area contributed by atoms with Crippen molar-refractivity contribution in [1.29, 1.82) is 0 Å². The second-order valence-electron chi connectivity index (χ2n) is 5.21. The van der Waals surface area contributed by atoms with Crippen molar-refractivity contribution in [1.82, 2.24) is 0 Å². The number of carbonyl (C=O) groups is 1. The van der Waals surface area contributed by atoms with Gasteiger partial charge in [0.05, 0.1) is 14.2 Å². The highest BCUT2D eigenvalue weighted by molar-refractivity contribution is 5.76. The highest BCUT2D eigenvalue weighted by Gasteiger charge is 2.00. The van der Waals surface area contributed by atoms with Gasteiger partial charge in [-0.05, 0) is 42.5 Å². The number of aromatic hydroxyl groups is 4. The van der Waals surface area contributed by atoms with E-state index in [-0.39, 0.29) is 23.0 Å². The van der Waals surface area contributed by atoms with Gasteiger partial charge >= 0.3 is 0 Å². The molecule has 0 atom stereocenters. The van der Waals surface area contributed by atoms with Gasteiger partial charge < -0.3 is 29.9 Å². The smallest absolute Gasteiger partial charge is 0.161 e. The molecule has 4 N–H and O–H groups in total.